The van der Waals surface area contributed by atoms with E-state index in [1.807, 2.05) is 22.9 Å². The van der Waals surface area contributed by atoms with Gasteiger partial charge in [-0.25, -0.2) is 0 Å². The van der Waals surface area contributed by atoms with Crippen LogP contribution in [0.2, 0.25) is 5.02 Å². The van der Waals surface area contributed by atoms with Crippen LogP contribution in [0.5, 0.6) is 0 Å². The fourth-order valence-electron chi connectivity index (χ4n) is 2.41. The van der Waals surface area contributed by atoms with Crippen LogP contribution in [0.15, 0.2) is 18.2 Å². The first-order chi connectivity index (χ1) is 9.11. The first-order valence-corrected chi connectivity index (χ1v) is 6.88. The predicted octanol–water partition coefficient (Wildman–Crippen LogP) is 1.89. The Morgan fingerprint density at radius 2 is 2.11 bits per heavy atom. The lowest BCUT2D eigenvalue weighted by atomic mass is 10.1. The topological polar surface area (TPSA) is 43.8 Å². The van der Waals surface area contributed by atoms with Gasteiger partial charge in [-0.3, -0.25) is 4.79 Å². The molecular formula is C14H19ClN2O2. The Labute approximate surface area is 118 Å². The van der Waals surface area contributed by atoms with E-state index < -0.39 is 0 Å². The average molecular weight is 283 g/mol. The molecule has 1 aromatic rings. The van der Waals surface area contributed by atoms with Crippen molar-refractivity contribution in [1.29, 1.82) is 0 Å². The molecule has 1 fully saturated rings. The summed E-state index contributed by atoms with van der Waals surface area (Å²) >= 11 is 5.90. The highest BCUT2D eigenvalue weighted by Crippen LogP contribution is 2.23. The lowest BCUT2D eigenvalue weighted by Gasteiger charge is -2.24. The van der Waals surface area contributed by atoms with Crippen LogP contribution in [-0.2, 0) is 11.4 Å². The number of aliphatic hydroxyl groups excluding tert-OH is 1. The molecular weight excluding hydrogens is 264 g/mol. The van der Waals surface area contributed by atoms with Crippen LogP contribution in [0.4, 0.5) is 5.69 Å². The van der Waals surface area contributed by atoms with Crippen molar-refractivity contribution < 1.29 is 9.90 Å². The number of hydrogen-bond acceptors (Lipinski definition) is 3. The fourth-order valence-corrected chi connectivity index (χ4v) is 2.60. The number of likely N-dealkylation sites (N-methyl/N-ethyl adjacent to an activating group) is 1. The maximum Gasteiger partial charge on any atom is 0.242 e. The monoisotopic (exact) mass is 282 g/mol. The lowest BCUT2D eigenvalue weighted by molar-refractivity contribution is -0.128. The quantitative estimate of drug-likeness (QED) is 0.917. The highest BCUT2D eigenvalue weighted by Gasteiger charge is 2.20. The third-order valence-corrected chi connectivity index (χ3v) is 3.69. The minimum Gasteiger partial charge on any atom is -0.392 e. The summed E-state index contributed by atoms with van der Waals surface area (Å²) in [5, 5.41) is 9.95. The van der Waals surface area contributed by atoms with Crippen molar-refractivity contribution >= 4 is 23.2 Å². The second kappa shape index (κ2) is 6.26. The summed E-state index contributed by atoms with van der Waals surface area (Å²) in [5.74, 6) is 0.138. The van der Waals surface area contributed by atoms with Gasteiger partial charge in [0.1, 0.15) is 0 Å². The number of carbonyl (C=O) groups is 1. The van der Waals surface area contributed by atoms with Gasteiger partial charge in [-0.15, -0.1) is 0 Å². The Hall–Kier alpha value is -1.26. The number of anilines is 1. The molecule has 0 aliphatic carbocycles. The maximum atomic E-state index is 12.1. The number of likely N-dealkylation sites (tertiary alicyclic amines) is 1. The fraction of sp³-hybridized carbons (Fsp3) is 0.500. The van der Waals surface area contributed by atoms with E-state index in [1.54, 1.807) is 12.1 Å². The summed E-state index contributed by atoms with van der Waals surface area (Å²) in [4.78, 5) is 15.8. The first-order valence-electron chi connectivity index (χ1n) is 6.50. The van der Waals surface area contributed by atoms with Crippen LogP contribution < -0.4 is 4.90 Å². The van der Waals surface area contributed by atoms with Crippen LogP contribution in [-0.4, -0.2) is 42.6 Å². The van der Waals surface area contributed by atoms with E-state index in [-0.39, 0.29) is 12.5 Å². The molecule has 0 unspecified atom stereocenters. The molecule has 1 aliphatic heterocycles. The summed E-state index contributed by atoms with van der Waals surface area (Å²) in [6.45, 7) is 1.97. The molecule has 0 aromatic heterocycles. The molecule has 0 saturated carbocycles. The molecule has 1 amide bonds. The summed E-state index contributed by atoms with van der Waals surface area (Å²) in [7, 11) is 1.86. The molecule has 104 valence electrons. The van der Waals surface area contributed by atoms with Crippen LogP contribution in [0.1, 0.15) is 18.4 Å². The van der Waals surface area contributed by atoms with E-state index in [1.165, 1.54) is 0 Å². The van der Waals surface area contributed by atoms with E-state index in [4.69, 9.17) is 11.6 Å². The molecule has 19 heavy (non-hydrogen) atoms. The van der Waals surface area contributed by atoms with Crippen molar-refractivity contribution in [3.8, 4) is 0 Å². The Bertz CT molecular complexity index is 459. The van der Waals surface area contributed by atoms with Crippen LogP contribution in [0.25, 0.3) is 0 Å². The zero-order valence-electron chi connectivity index (χ0n) is 11.1. The van der Waals surface area contributed by atoms with E-state index in [0.29, 0.717) is 11.6 Å². The number of hydrogen-bond donors (Lipinski definition) is 1. The maximum absolute atomic E-state index is 12.1. The van der Waals surface area contributed by atoms with Gasteiger partial charge in [0.2, 0.25) is 5.91 Å². The Morgan fingerprint density at radius 1 is 1.42 bits per heavy atom. The minimum atomic E-state index is -0.0852. The van der Waals surface area contributed by atoms with Gasteiger partial charge < -0.3 is 14.9 Å². The number of carbonyl (C=O) groups excluding carboxylic acids is 1. The van der Waals surface area contributed by atoms with E-state index in [2.05, 4.69) is 0 Å². The molecule has 1 aromatic carbocycles. The van der Waals surface area contributed by atoms with Gasteiger partial charge >= 0.3 is 0 Å². The van der Waals surface area contributed by atoms with Crippen LogP contribution >= 0.6 is 11.6 Å². The molecule has 1 aliphatic rings. The Kier molecular flexibility index (Phi) is 4.66. The van der Waals surface area contributed by atoms with Gasteiger partial charge in [0.05, 0.1) is 13.2 Å². The molecule has 4 nitrogen and oxygen atoms in total. The zero-order valence-corrected chi connectivity index (χ0v) is 11.9. The first kappa shape index (κ1) is 14.2. The van der Waals surface area contributed by atoms with E-state index in [9.17, 15) is 9.90 Å². The number of amides is 1. The molecule has 0 radical (unpaired) electrons. The lowest BCUT2D eigenvalue weighted by Crippen LogP contribution is -2.37. The zero-order chi connectivity index (χ0) is 13.8. The molecule has 2 rings (SSSR count). The van der Waals surface area contributed by atoms with Crippen molar-refractivity contribution in [2.75, 3.05) is 31.6 Å². The molecule has 1 saturated heterocycles. The van der Waals surface area contributed by atoms with Crippen molar-refractivity contribution in [3.63, 3.8) is 0 Å². The molecule has 1 heterocycles. The number of benzene rings is 1. The number of aliphatic hydroxyl groups is 1. The minimum absolute atomic E-state index is 0.0852. The summed E-state index contributed by atoms with van der Waals surface area (Å²) in [6, 6.07) is 5.34. The Morgan fingerprint density at radius 3 is 2.74 bits per heavy atom. The van der Waals surface area contributed by atoms with Gasteiger partial charge in [-0.05, 0) is 31.0 Å². The second-order valence-electron chi connectivity index (χ2n) is 4.88. The largest absolute Gasteiger partial charge is 0.392 e. The highest BCUT2D eigenvalue weighted by molar-refractivity contribution is 6.30. The standard InChI is InChI=1S/C14H19ClN2O2/c1-16(9-14(19)17-6-2-3-7-17)13-5-4-12(15)8-11(13)10-18/h4-5,8,18H,2-3,6-7,9-10H2,1H3. The summed E-state index contributed by atoms with van der Waals surface area (Å²) in [5.41, 5.74) is 1.59. The van der Waals surface area contributed by atoms with Crippen LogP contribution in [0.3, 0.4) is 0 Å². The molecule has 0 spiro atoms. The second-order valence-corrected chi connectivity index (χ2v) is 5.31. The van der Waals surface area contributed by atoms with E-state index in [0.717, 1.165) is 37.2 Å². The predicted molar refractivity (Wildman–Crippen MR) is 76.5 cm³/mol. The summed E-state index contributed by atoms with van der Waals surface area (Å²) in [6.07, 6.45) is 2.19. The average Bonchev–Trinajstić information content (AvgIpc) is 2.92. The van der Waals surface area contributed by atoms with Crippen molar-refractivity contribution in [3.05, 3.63) is 28.8 Å². The van der Waals surface area contributed by atoms with Gasteiger partial charge in [-0.2, -0.15) is 0 Å². The van der Waals surface area contributed by atoms with Crippen LogP contribution in [0, 0.1) is 0 Å². The van der Waals surface area contributed by atoms with Crippen molar-refractivity contribution in [2.24, 2.45) is 0 Å². The molecule has 5 heteroatoms. The smallest absolute Gasteiger partial charge is 0.242 e. The van der Waals surface area contributed by atoms with Gasteiger partial charge in [-0.1, -0.05) is 11.6 Å². The Balaban J connectivity index is 2.06. The SMILES string of the molecule is CN(CC(=O)N1CCCC1)c1ccc(Cl)cc1CO. The van der Waals surface area contributed by atoms with Crippen molar-refractivity contribution in [1.82, 2.24) is 4.90 Å². The van der Waals surface area contributed by atoms with Gasteiger partial charge in [0.15, 0.2) is 0 Å². The molecule has 1 N–H and O–H groups in total. The molecule has 0 atom stereocenters. The van der Waals surface area contributed by atoms with Gasteiger partial charge in [0, 0.05) is 36.4 Å². The number of nitrogens with zero attached hydrogens (tertiary/aromatic N) is 2. The van der Waals surface area contributed by atoms with E-state index >= 15 is 0 Å². The highest BCUT2D eigenvalue weighted by atomic mass is 35.5. The number of halogens is 1. The third kappa shape index (κ3) is 3.39. The summed E-state index contributed by atoms with van der Waals surface area (Å²) < 4.78 is 0. The molecule has 0 bridgehead atoms. The van der Waals surface area contributed by atoms with Crippen molar-refractivity contribution in [2.45, 2.75) is 19.4 Å². The van der Waals surface area contributed by atoms with Gasteiger partial charge in [0.25, 0.3) is 0 Å². The third-order valence-electron chi connectivity index (χ3n) is 3.45. The normalized spacial score (nSPS) is 14.8. The number of rotatable bonds is 4.